The van der Waals surface area contributed by atoms with E-state index in [1.54, 1.807) is 49.5 Å². The highest BCUT2D eigenvalue weighted by molar-refractivity contribution is 8.07. The minimum absolute atomic E-state index is 0.106. The van der Waals surface area contributed by atoms with Crippen molar-refractivity contribution in [2.75, 3.05) is 19.8 Å². The van der Waals surface area contributed by atoms with Crippen molar-refractivity contribution in [3.05, 3.63) is 92.3 Å². The summed E-state index contributed by atoms with van der Waals surface area (Å²) in [4.78, 5) is 55.4. The lowest BCUT2D eigenvalue weighted by molar-refractivity contribution is -0.159. The van der Waals surface area contributed by atoms with E-state index >= 15 is 0 Å². The predicted octanol–water partition coefficient (Wildman–Crippen LogP) is 8.39. The number of hydrogen-bond donors (Lipinski definition) is 0. The third-order valence-electron chi connectivity index (χ3n) is 9.45. The van der Waals surface area contributed by atoms with E-state index in [4.69, 9.17) is 18.9 Å². The molecule has 0 aromatic heterocycles. The van der Waals surface area contributed by atoms with Crippen LogP contribution in [0.1, 0.15) is 83.0 Å². The third kappa shape index (κ3) is 8.46. The first kappa shape index (κ1) is 36.2. The Morgan fingerprint density at radius 2 is 1.74 bits per heavy atom. The van der Waals surface area contributed by atoms with Crippen LogP contribution >= 0.6 is 23.5 Å². The Labute approximate surface area is 302 Å². The SMILES string of the molecule is CC(C)(CCCCOC(C)(C)C(=O)COC1=CCC2C(=O)C3=C(C=CCC3)SC2=C1)OC(=O)COc1ccc2c(c1)SC1=CC=CCC1C2=O. The number of carbonyl (C=O) groups excluding carboxylic acids is 4. The molecule has 0 fully saturated rings. The van der Waals surface area contributed by atoms with Gasteiger partial charge in [-0.05, 0) is 103 Å². The van der Waals surface area contributed by atoms with E-state index in [1.165, 1.54) is 0 Å². The molecule has 5 aliphatic rings. The molecule has 2 heterocycles. The molecule has 2 unspecified atom stereocenters. The summed E-state index contributed by atoms with van der Waals surface area (Å²) in [6.07, 6.45) is 18.9. The average molecular weight is 717 g/mol. The monoisotopic (exact) mass is 716 g/mol. The van der Waals surface area contributed by atoms with Crippen molar-refractivity contribution in [2.24, 2.45) is 11.8 Å². The molecule has 8 nitrogen and oxygen atoms in total. The summed E-state index contributed by atoms with van der Waals surface area (Å²) in [6.45, 7) is 7.22. The number of benzene rings is 1. The van der Waals surface area contributed by atoms with E-state index in [0.717, 1.165) is 50.9 Å². The summed E-state index contributed by atoms with van der Waals surface area (Å²) in [5, 5.41) is 0. The van der Waals surface area contributed by atoms with Gasteiger partial charge in [-0.15, -0.1) is 0 Å². The van der Waals surface area contributed by atoms with Crippen molar-refractivity contribution in [3.8, 4) is 5.75 Å². The van der Waals surface area contributed by atoms with E-state index < -0.39 is 17.2 Å². The fourth-order valence-electron chi connectivity index (χ4n) is 6.47. The molecule has 0 bridgehead atoms. The van der Waals surface area contributed by atoms with Gasteiger partial charge in [-0.1, -0.05) is 53.9 Å². The highest BCUT2D eigenvalue weighted by Crippen LogP contribution is 2.47. The topological polar surface area (TPSA) is 105 Å². The number of thioether (sulfide) groups is 2. The minimum Gasteiger partial charge on any atom is -0.486 e. The van der Waals surface area contributed by atoms with Crippen LogP contribution in [0.3, 0.4) is 0 Å². The first-order valence-electron chi connectivity index (χ1n) is 17.3. The molecule has 10 heteroatoms. The van der Waals surface area contributed by atoms with Gasteiger partial charge in [-0.2, -0.15) is 0 Å². The van der Waals surface area contributed by atoms with Gasteiger partial charge in [0.1, 0.15) is 29.3 Å². The van der Waals surface area contributed by atoms with E-state index in [1.807, 2.05) is 56.4 Å². The van der Waals surface area contributed by atoms with Gasteiger partial charge < -0.3 is 18.9 Å². The van der Waals surface area contributed by atoms with Crippen molar-refractivity contribution >= 4 is 46.8 Å². The fourth-order valence-corrected chi connectivity index (χ4v) is 8.93. The number of esters is 1. The van der Waals surface area contributed by atoms with Crippen LogP contribution in [0, 0.1) is 11.8 Å². The van der Waals surface area contributed by atoms with Gasteiger partial charge in [-0.25, -0.2) is 4.79 Å². The summed E-state index contributed by atoms with van der Waals surface area (Å²) in [6, 6.07) is 5.31. The molecule has 2 atom stereocenters. The van der Waals surface area contributed by atoms with E-state index in [0.29, 0.717) is 42.9 Å². The Kier molecular flexibility index (Phi) is 11.1. The highest BCUT2D eigenvalue weighted by Gasteiger charge is 2.36. The number of Topliss-reactive ketones (excluding diaryl/α,β-unsaturated/α-hetero) is 3. The molecule has 2 aliphatic heterocycles. The van der Waals surface area contributed by atoms with Crippen molar-refractivity contribution in [1.29, 1.82) is 0 Å². The molecule has 0 saturated heterocycles. The molecule has 0 radical (unpaired) electrons. The predicted molar refractivity (Wildman–Crippen MR) is 195 cm³/mol. The molecule has 0 N–H and O–H groups in total. The Hall–Kier alpha value is -3.60. The van der Waals surface area contributed by atoms with Crippen molar-refractivity contribution < 1.29 is 38.1 Å². The van der Waals surface area contributed by atoms with Crippen LogP contribution in [0.2, 0.25) is 0 Å². The van der Waals surface area contributed by atoms with Crippen LogP contribution in [0.15, 0.2) is 91.7 Å². The summed E-state index contributed by atoms with van der Waals surface area (Å²) in [7, 11) is 0. The Morgan fingerprint density at radius 3 is 2.58 bits per heavy atom. The highest BCUT2D eigenvalue weighted by atomic mass is 32.2. The lowest BCUT2D eigenvalue weighted by Gasteiger charge is -2.30. The lowest BCUT2D eigenvalue weighted by Crippen LogP contribution is -2.38. The smallest absolute Gasteiger partial charge is 0.344 e. The summed E-state index contributed by atoms with van der Waals surface area (Å²) < 4.78 is 23.3. The Balaban J connectivity index is 0.883. The molecule has 0 amide bonds. The maximum absolute atomic E-state index is 13.0. The molecule has 264 valence electrons. The number of allylic oxidation sites excluding steroid dienone is 10. The second kappa shape index (κ2) is 15.3. The molecule has 50 heavy (non-hydrogen) atoms. The van der Waals surface area contributed by atoms with Gasteiger partial charge >= 0.3 is 5.97 Å². The maximum atomic E-state index is 13.0. The molecule has 1 aromatic rings. The number of fused-ring (bicyclic) bond motifs is 3. The number of ether oxygens (including phenoxy) is 4. The first-order valence-corrected chi connectivity index (χ1v) is 18.9. The largest absolute Gasteiger partial charge is 0.486 e. The molecular formula is C40H44O8S2. The van der Waals surface area contributed by atoms with Crippen LogP contribution < -0.4 is 4.74 Å². The van der Waals surface area contributed by atoms with Gasteiger partial charge in [0.05, 0.1) is 11.8 Å². The van der Waals surface area contributed by atoms with Crippen LogP contribution in [0.25, 0.3) is 0 Å². The number of ketones is 3. The molecule has 1 aromatic carbocycles. The zero-order valence-corrected chi connectivity index (χ0v) is 30.7. The summed E-state index contributed by atoms with van der Waals surface area (Å²) in [5.74, 6) is 0.551. The molecule has 6 rings (SSSR count). The van der Waals surface area contributed by atoms with E-state index in [-0.39, 0.29) is 42.4 Å². The molecular weight excluding hydrogens is 673 g/mol. The second-order valence-corrected chi connectivity index (χ2v) is 16.4. The normalized spacial score (nSPS) is 21.2. The van der Waals surface area contributed by atoms with Crippen LogP contribution in [0.5, 0.6) is 5.75 Å². The van der Waals surface area contributed by atoms with Crippen LogP contribution in [0.4, 0.5) is 0 Å². The van der Waals surface area contributed by atoms with Gasteiger partial charge in [0.2, 0.25) is 5.78 Å². The Morgan fingerprint density at radius 1 is 0.920 bits per heavy atom. The van der Waals surface area contributed by atoms with Crippen LogP contribution in [-0.2, 0) is 28.6 Å². The average Bonchev–Trinajstić information content (AvgIpc) is 3.09. The standard InChI is InChI=1S/C40H44O8S2/c1-39(2,48-36(42)24-46-26-16-18-30-34(22-26)50-32-14-8-6-12-28(32)38(30)44)19-9-10-20-47-40(3,4)35(41)23-45-25-15-17-29-33(21-25)49-31-13-7-5-11-27(31)37(29)43/h6-8,13-16,18,21-22,28-29H,5,9-12,17,19-20,23-24H2,1-4H3. The molecule has 0 spiro atoms. The molecule has 3 aliphatic carbocycles. The quantitative estimate of drug-likeness (QED) is 0.138. The van der Waals surface area contributed by atoms with Crippen molar-refractivity contribution in [3.63, 3.8) is 0 Å². The zero-order chi connectivity index (χ0) is 35.5. The van der Waals surface area contributed by atoms with Gasteiger partial charge in [0, 0.05) is 37.4 Å². The maximum Gasteiger partial charge on any atom is 0.344 e. The van der Waals surface area contributed by atoms with Gasteiger partial charge in [-0.3, -0.25) is 14.4 Å². The minimum atomic E-state index is -1.03. The fraction of sp³-hybridized carbons (Fsp3) is 0.450. The van der Waals surface area contributed by atoms with Gasteiger partial charge in [0.15, 0.2) is 18.2 Å². The van der Waals surface area contributed by atoms with E-state index in [9.17, 15) is 19.2 Å². The number of rotatable bonds is 14. The van der Waals surface area contributed by atoms with Gasteiger partial charge in [0.25, 0.3) is 0 Å². The number of hydrogen-bond acceptors (Lipinski definition) is 10. The first-order chi connectivity index (χ1) is 23.9. The molecule has 0 saturated carbocycles. The lowest BCUT2D eigenvalue weighted by atomic mass is 9.87. The van der Waals surface area contributed by atoms with Crippen LogP contribution in [-0.4, -0.2) is 54.3 Å². The second-order valence-electron chi connectivity index (χ2n) is 14.2. The Bertz CT molecular complexity index is 1760. The van der Waals surface area contributed by atoms with Crippen molar-refractivity contribution in [1.82, 2.24) is 0 Å². The third-order valence-corrected chi connectivity index (χ3v) is 11.9. The van der Waals surface area contributed by atoms with E-state index in [2.05, 4.69) is 6.08 Å². The zero-order valence-electron chi connectivity index (χ0n) is 29.1. The summed E-state index contributed by atoms with van der Waals surface area (Å²) >= 11 is 3.20. The summed E-state index contributed by atoms with van der Waals surface area (Å²) in [5.41, 5.74) is -0.104. The number of unbranched alkanes of at least 4 members (excludes halogenated alkanes) is 1. The number of carbonyl (C=O) groups is 4. The van der Waals surface area contributed by atoms with Crippen molar-refractivity contribution in [2.45, 2.75) is 88.7 Å².